The largest absolute Gasteiger partial charge is 0.338 e. The fraction of sp³-hybridized carbons (Fsp3) is 0.192. The van der Waals surface area contributed by atoms with Crippen molar-refractivity contribution in [3.8, 4) is 11.1 Å². The quantitative estimate of drug-likeness (QED) is 0.422. The molecule has 1 fully saturated rings. The van der Waals surface area contributed by atoms with Gasteiger partial charge in [-0.15, -0.1) is 10.2 Å². The summed E-state index contributed by atoms with van der Waals surface area (Å²) in [7, 11) is 0. The predicted molar refractivity (Wildman–Crippen MR) is 126 cm³/mol. The number of rotatable bonds is 3. The van der Waals surface area contributed by atoms with Gasteiger partial charge in [0.25, 0.3) is 5.91 Å². The van der Waals surface area contributed by atoms with Gasteiger partial charge in [0.15, 0.2) is 5.65 Å². The smallest absolute Gasteiger partial charge is 0.253 e. The molecule has 1 amide bonds. The van der Waals surface area contributed by atoms with E-state index in [2.05, 4.69) is 26.5 Å². The second kappa shape index (κ2) is 8.09. The number of hydrogen-bond acceptors (Lipinski definition) is 5. The van der Waals surface area contributed by atoms with Crippen LogP contribution in [0.25, 0.3) is 27.5 Å². The molecule has 2 aromatic carbocycles. The second-order valence-electron chi connectivity index (χ2n) is 8.45. The molecule has 33 heavy (non-hydrogen) atoms. The lowest BCUT2D eigenvalue weighted by atomic mass is 9.95. The number of hydrogen-bond donors (Lipinski definition) is 0. The lowest BCUT2D eigenvalue weighted by Crippen LogP contribution is -2.39. The standard InChI is InChI=1S/C26H22N6O/c33-26(31-13-4-6-21(17-31)25-30-29-24-8-1-2-14-32(24)25)19-9-10-23-18(15-19)5-3-7-22(23)20-11-12-27-28-16-20/h1-3,5,7-12,14-16,21H,4,6,13,17H2. The van der Waals surface area contributed by atoms with Crippen molar-refractivity contribution in [3.05, 3.63) is 90.6 Å². The first kappa shape index (κ1) is 19.5. The van der Waals surface area contributed by atoms with Gasteiger partial charge in [-0.1, -0.05) is 30.3 Å². The van der Waals surface area contributed by atoms with Gasteiger partial charge < -0.3 is 4.90 Å². The fourth-order valence-electron chi connectivity index (χ4n) is 4.81. The number of likely N-dealkylation sites (tertiary alicyclic amines) is 1. The minimum atomic E-state index is 0.0615. The average Bonchev–Trinajstić information content (AvgIpc) is 3.32. The summed E-state index contributed by atoms with van der Waals surface area (Å²) < 4.78 is 2.03. The van der Waals surface area contributed by atoms with E-state index in [0.29, 0.717) is 12.1 Å². The molecule has 0 N–H and O–H groups in total. The maximum absolute atomic E-state index is 13.4. The van der Waals surface area contributed by atoms with Gasteiger partial charge in [-0.05, 0) is 59.5 Å². The molecular weight excluding hydrogens is 412 g/mol. The summed E-state index contributed by atoms with van der Waals surface area (Å²) in [5, 5.41) is 18.7. The molecule has 7 nitrogen and oxygen atoms in total. The van der Waals surface area contributed by atoms with Gasteiger partial charge in [-0.2, -0.15) is 10.2 Å². The van der Waals surface area contributed by atoms with Crippen LogP contribution in [0.3, 0.4) is 0 Å². The highest BCUT2D eigenvalue weighted by atomic mass is 16.2. The number of aromatic nitrogens is 5. The molecule has 0 spiro atoms. The van der Waals surface area contributed by atoms with Crippen LogP contribution in [0.5, 0.6) is 0 Å². The molecule has 7 heteroatoms. The Morgan fingerprint density at radius 3 is 2.85 bits per heavy atom. The summed E-state index contributed by atoms with van der Waals surface area (Å²) in [6.45, 7) is 1.40. The van der Waals surface area contributed by atoms with Gasteiger partial charge in [0.2, 0.25) is 0 Å². The van der Waals surface area contributed by atoms with E-state index >= 15 is 0 Å². The van der Waals surface area contributed by atoms with E-state index in [-0.39, 0.29) is 11.8 Å². The van der Waals surface area contributed by atoms with Crippen molar-refractivity contribution in [1.29, 1.82) is 0 Å². The Bertz CT molecular complexity index is 1460. The van der Waals surface area contributed by atoms with Crippen molar-refractivity contribution in [2.24, 2.45) is 0 Å². The molecule has 1 aliphatic rings. The number of amides is 1. The van der Waals surface area contributed by atoms with E-state index in [0.717, 1.165) is 52.8 Å². The van der Waals surface area contributed by atoms with Crippen LogP contribution in [-0.4, -0.2) is 48.7 Å². The van der Waals surface area contributed by atoms with Crippen molar-refractivity contribution in [3.63, 3.8) is 0 Å². The molecule has 0 radical (unpaired) electrons. The third-order valence-electron chi connectivity index (χ3n) is 6.44. The molecule has 0 aliphatic carbocycles. The van der Waals surface area contributed by atoms with E-state index < -0.39 is 0 Å². The number of pyridine rings is 1. The van der Waals surface area contributed by atoms with Crippen molar-refractivity contribution in [2.75, 3.05) is 13.1 Å². The number of piperidine rings is 1. The van der Waals surface area contributed by atoms with Crippen LogP contribution in [0.4, 0.5) is 0 Å². The number of carbonyl (C=O) groups is 1. The predicted octanol–water partition coefficient (Wildman–Crippen LogP) is 4.36. The van der Waals surface area contributed by atoms with Gasteiger partial charge in [-0.3, -0.25) is 9.20 Å². The molecular formula is C26H22N6O. The summed E-state index contributed by atoms with van der Waals surface area (Å²) >= 11 is 0. The Labute approximate surface area is 190 Å². The van der Waals surface area contributed by atoms with E-state index in [1.165, 1.54) is 0 Å². The second-order valence-corrected chi connectivity index (χ2v) is 8.45. The zero-order chi connectivity index (χ0) is 22.2. The van der Waals surface area contributed by atoms with Crippen LogP contribution < -0.4 is 0 Å². The van der Waals surface area contributed by atoms with Gasteiger partial charge in [0.05, 0.1) is 12.4 Å². The molecule has 1 unspecified atom stereocenters. The van der Waals surface area contributed by atoms with E-state index in [4.69, 9.17) is 0 Å². The summed E-state index contributed by atoms with van der Waals surface area (Å²) in [5.41, 5.74) is 3.64. The Kier molecular flexibility index (Phi) is 4.79. The molecule has 6 rings (SSSR count). The Balaban J connectivity index is 1.29. The van der Waals surface area contributed by atoms with Crippen LogP contribution in [-0.2, 0) is 0 Å². The van der Waals surface area contributed by atoms with Crippen molar-refractivity contribution >= 4 is 22.3 Å². The minimum Gasteiger partial charge on any atom is -0.338 e. The van der Waals surface area contributed by atoms with Crippen LogP contribution in [0.1, 0.15) is 34.9 Å². The topological polar surface area (TPSA) is 76.3 Å². The van der Waals surface area contributed by atoms with E-state index in [1.807, 2.05) is 70.1 Å². The third kappa shape index (κ3) is 3.51. The highest BCUT2D eigenvalue weighted by Gasteiger charge is 2.28. The van der Waals surface area contributed by atoms with Crippen molar-refractivity contribution in [1.82, 2.24) is 29.7 Å². The summed E-state index contributed by atoms with van der Waals surface area (Å²) in [5.74, 6) is 1.16. The molecule has 1 aliphatic heterocycles. The minimum absolute atomic E-state index is 0.0615. The lowest BCUT2D eigenvalue weighted by molar-refractivity contribution is 0.0704. The maximum atomic E-state index is 13.4. The number of benzene rings is 2. The summed E-state index contributed by atoms with van der Waals surface area (Å²) in [4.78, 5) is 15.4. The van der Waals surface area contributed by atoms with Crippen LogP contribution in [0.15, 0.2) is 79.3 Å². The first-order chi connectivity index (χ1) is 16.3. The Hall–Kier alpha value is -4.13. The highest BCUT2D eigenvalue weighted by molar-refractivity contribution is 6.02. The van der Waals surface area contributed by atoms with E-state index in [1.54, 1.807) is 12.4 Å². The molecule has 162 valence electrons. The summed E-state index contributed by atoms with van der Waals surface area (Å²) in [6.07, 6.45) is 7.39. The van der Waals surface area contributed by atoms with Crippen molar-refractivity contribution in [2.45, 2.75) is 18.8 Å². The van der Waals surface area contributed by atoms with Gasteiger partial charge in [-0.25, -0.2) is 0 Å². The first-order valence-corrected chi connectivity index (χ1v) is 11.2. The highest BCUT2D eigenvalue weighted by Crippen LogP contribution is 2.30. The van der Waals surface area contributed by atoms with E-state index in [9.17, 15) is 4.79 Å². The first-order valence-electron chi connectivity index (χ1n) is 11.2. The number of carbonyl (C=O) groups excluding carboxylic acids is 1. The molecule has 1 saturated heterocycles. The molecule has 4 heterocycles. The van der Waals surface area contributed by atoms with Crippen LogP contribution in [0, 0.1) is 0 Å². The summed E-state index contributed by atoms with van der Waals surface area (Å²) in [6, 6.07) is 19.9. The zero-order valence-corrected chi connectivity index (χ0v) is 18.0. The Morgan fingerprint density at radius 2 is 1.94 bits per heavy atom. The van der Waals surface area contributed by atoms with Crippen LogP contribution >= 0.6 is 0 Å². The van der Waals surface area contributed by atoms with Gasteiger partial charge >= 0.3 is 0 Å². The number of nitrogens with zero attached hydrogens (tertiary/aromatic N) is 6. The monoisotopic (exact) mass is 434 g/mol. The van der Waals surface area contributed by atoms with Crippen LogP contribution in [0.2, 0.25) is 0 Å². The maximum Gasteiger partial charge on any atom is 0.253 e. The molecule has 0 bridgehead atoms. The fourth-order valence-corrected chi connectivity index (χ4v) is 4.81. The molecule has 1 atom stereocenters. The molecule has 5 aromatic rings. The third-order valence-corrected chi connectivity index (χ3v) is 6.44. The lowest BCUT2D eigenvalue weighted by Gasteiger charge is -2.32. The SMILES string of the molecule is O=C(c1ccc2c(-c3ccnnc3)cccc2c1)N1CCCC(c2nnc3ccccn23)C1. The van der Waals surface area contributed by atoms with Gasteiger partial charge in [0.1, 0.15) is 5.82 Å². The zero-order valence-electron chi connectivity index (χ0n) is 18.0. The average molecular weight is 435 g/mol. The molecule has 3 aromatic heterocycles. The van der Waals surface area contributed by atoms with Crippen molar-refractivity contribution < 1.29 is 4.79 Å². The normalized spacial score (nSPS) is 16.4. The Morgan fingerprint density at radius 1 is 0.970 bits per heavy atom. The number of fused-ring (bicyclic) bond motifs is 2. The van der Waals surface area contributed by atoms with Gasteiger partial charge in [0, 0.05) is 36.3 Å². The molecule has 0 saturated carbocycles.